The Morgan fingerprint density at radius 3 is 2.25 bits per heavy atom. The van der Waals surface area contributed by atoms with Gasteiger partial charge in [0.15, 0.2) is 5.16 Å². The highest BCUT2D eigenvalue weighted by Crippen LogP contribution is 2.39. The topological polar surface area (TPSA) is 84.2 Å². The van der Waals surface area contributed by atoms with Crippen molar-refractivity contribution >= 4 is 33.4 Å². The van der Waals surface area contributed by atoms with Crippen LogP contribution < -0.4 is 4.72 Å². The lowest BCUT2D eigenvalue weighted by Crippen LogP contribution is -2.37. The van der Waals surface area contributed by atoms with Crippen LogP contribution in [0.4, 0.5) is 13.2 Å². The minimum absolute atomic E-state index is 0.0875. The van der Waals surface area contributed by atoms with Crippen molar-refractivity contribution in [2.75, 3.05) is 34.2 Å². The van der Waals surface area contributed by atoms with Gasteiger partial charge in [-0.3, -0.25) is 4.57 Å². The summed E-state index contributed by atoms with van der Waals surface area (Å²) in [5, 5.41) is 10.8. The number of imidazole rings is 1. The number of rotatable bonds is 12. The minimum Gasteiger partial charge on any atom is -0.506 e. The molecule has 1 heterocycles. The summed E-state index contributed by atoms with van der Waals surface area (Å²) in [6.45, 7) is 4.68. The lowest BCUT2D eigenvalue weighted by molar-refractivity contribution is -0.870. The Balaban J connectivity index is 1.63. The first-order valence-electron chi connectivity index (χ1n) is 13.7. The molecule has 0 atom stereocenters. The number of nitrogens with one attached hydrogen (secondary N) is 1. The fourth-order valence-electron chi connectivity index (χ4n) is 4.62. The van der Waals surface area contributed by atoms with E-state index in [1.54, 1.807) is 41.1 Å². The molecule has 0 fully saturated rings. The zero-order valence-corrected chi connectivity index (χ0v) is 27.4. The van der Waals surface area contributed by atoms with Gasteiger partial charge in [-0.25, -0.2) is 31.3 Å². The fourth-order valence-corrected chi connectivity index (χ4v) is 6.84. The number of hydrogen-bond acceptors (Lipinski definition) is 5. The number of benzene rings is 3. The molecule has 3 aromatic carbocycles. The van der Waals surface area contributed by atoms with E-state index in [0.717, 1.165) is 36.0 Å². The second-order valence-corrected chi connectivity index (χ2v) is 15.1. The molecule has 13 heteroatoms. The Morgan fingerprint density at radius 1 is 1.02 bits per heavy atom. The molecule has 4 aromatic rings. The number of hydrogen-bond donors (Lipinski definition) is 2. The Morgan fingerprint density at radius 2 is 1.66 bits per heavy atom. The van der Waals surface area contributed by atoms with Gasteiger partial charge in [0, 0.05) is 35.4 Å². The van der Waals surface area contributed by atoms with Crippen molar-refractivity contribution < 1.29 is 31.2 Å². The third-order valence-electron chi connectivity index (χ3n) is 7.19. The van der Waals surface area contributed by atoms with Gasteiger partial charge >= 0.3 is 0 Å². The molecule has 0 saturated heterocycles. The van der Waals surface area contributed by atoms with Gasteiger partial charge in [-0.15, -0.1) is 0 Å². The van der Waals surface area contributed by atoms with E-state index in [0.29, 0.717) is 27.4 Å². The van der Waals surface area contributed by atoms with Crippen molar-refractivity contribution in [2.24, 2.45) is 0 Å². The summed E-state index contributed by atoms with van der Waals surface area (Å²) >= 11 is 7.06. The molecule has 4 rings (SSSR count). The van der Waals surface area contributed by atoms with E-state index in [9.17, 15) is 17.9 Å². The van der Waals surface area contributed by atoms with Crippen LogP contribution in [-0.2, 0) is 21.2 Å². The maximum absolute atomic E-state index is 15.2. The molecule has 0 unspecified atom stereocenters. The van der Waals surface area contributed by atoms with E-state index >= 15 is 8.78 Å². The number of aromatic nitrogens is 2. The highest BCUT2D eigenvalue weighted by Gasteiger charge is 2.30. The van der Waals surface area contributed by atoms with Crippen LogP contribution in [0.3, 0.4) is 0 Å². The molecule has 0 saturated carbocycles. The van der Waals surface area contributed by atoms with Gasteiger partial charge in [-0.1, -0.05) is 43.3 Å². The number of halogens is 4. The van der Waals surface area contributed by atoms with E-state index in [2.05, 4.69) is 9.71 Å². The lowest BCUT2D eigenvalue weighted by atomic mass is 9.81. The Hall–Kier alpha value is -3.03. The molecular weight excluding hydrogens is 633 g/mol. The maximum Gasteiger partial charge on any atom is 0.240 e. The molecule has 0 amide bonds. The van der Waals surface area contributed by atoms with Crippen molar-refractivity contribution in [2.45, 2.75) is 41.5 Å². The quantitative estimate of drug-likeness (QED) is 0.101. The van der Waals surface area contributed by atoms with E-state index < -0.39 is 37.8 Å². The second kappa shape index (κ2) is 13.1. The molecule has 1 aromatic heterocycles. The van der Waals surface area contributed by atoms with Crippen molar-refractivity contribution in [3.05, 3.63) is 100 Å². The summed E-state index contributed by atoms with van der Waals surface area (Å²) in [5.41, 5.74) is 0.891. The van der Waals surface area contributed by atoms with Crippen molar-refractivity contribution in [3.8, 4) is 11.4 Å². The third-order valence-corrected chi connectivity index (χ3v) is 9.93. The van der Waals surface area contributed by atoms with Gasteiger partial charge < -0.3 is 9.59 Å². The standard InChI is InChI=1S/C31H34ClF3N4O3S2/c1-31(2,20-7-12-25(32)28(40)15-20)29-18-36-30(38(29)22-10-8-21(33)9-11-22)43-19-24-26(34)16-23(17-27(24)35)44(41,42)37-13-6-14-39(3,4)5/h7-12,15-18,37H,6,13-14,19H2,1-5H3/p+1. The third kappa shape index (κ3) is 7.78. The van der Waals surface area contributed by atoms with Gasteiger partial charge in [-0.05, 0) is 54.1 Å². The molecule has 0 aliphatic rings. The zero-order chi connectivity index (χ0) is 32.4. The van der Waals surface area contributed by atoms with Crippen LogP contribution in [0, 0.1) is 17.5 Å². The van der Waals surface area contributed by atoms with Crippen LogP contribution >= 0.6 is 23.4 Å². The summed E-state index contributed by atoms with van der Waals surface area (Å²) in [5.74, 6) is -2.72. The van der Waals surface area contributed by atoms with E-state index in [1.165, 1.54) is 12.1 Å². The summed E-state index contributed by atoms with van der Waals surface area (Å²) in [4.78, 5) is 4.04. The normalized spacial score (nSPS) is 12.6. The van der Waals surface area contributed by atoms with Crippen molar-refractivity contribution in [1.82, 2.24) is 14.3 Å². The highest BCUT2D eigenvalue weighted by molar-refractivity contribution is 7.98. The molecule has 0 aliphatic carbocycles. The van der Waals surface area contributed by atoms with Gasteiger partial charge in [-0.2, -0.15) is 0 Å². The van der Waals surface area contributed by atoms with Crippen LogP contribution in [0.5, 0.6) is 5.75 Å². The number of quaternary nitrogens is 1. The van der Waals surface area contributed by atoms with Crippen LogP contribution in [0.15, 0.2) is 70.8 Å². The van der Waals surface area contributed by atoms with Gasteiger partial charge in [0.25, 0.3) is 0 Å². The molecule has 0 bridgehead atoms. The second-order valence-electron chi connectivity index (χ2n) is 11.9. The van der Waals surface area contributed by atoms with E-state index in [4.69, 9.17) is 11.6 Å². The van der Waals surface area contributed by atoms with Crippen LogP contribution in [0.25, 0.3) is 5.69 Å². The van der Waals surface area contributed by atoms with Crippen molar-refractivity contribution in [3.63, 3.8) is 0 Å². The van der Waals surface area contributed by atoms with E-state index in [1.807, 2.05) is 35.0 Å². The summed E-state index contributed by atoms with van der Waals surface area (Å²) in [6, 6.07) is 12.3. The monoisotopic (exact) mass is 667 g/mol. The number of phenols is 1. The number of aromatic hydroxyl groups is 1. The van der Waals surface area contributed by atoms with E-state index in [-0.39, 0.29) is 28.6 Å². The average molecular weight is 668 g/mol. The molecule has 0 aliphatic heterocycles. The number of phenolic OH excluding ortho intramolecular Hbond substituents is 1. The fraction of sp³-hybridized carbons (Fsp3) is 0.323. The predicted molar refractivity (Wildman–Crippen MR) is 167 cm³/mol. The van der Waals surface area contributed by atoms with Crippen LogP contribution in [-0.4, -0.2) is 61.8 Å². The number of thioether (sulfide) groups is 1. The predicted octanol–water partition coefficient (Wildman–Crippen LogP) is 6.64. The smallest absolute Gasteiger partial charge is 0.240 e. The molecule has 0 spiro atoms. The largest absolute Gasteiger partial charge is 0.506 e. The first-order chi connectivity index (χ1) is 20.5. The number of sulfonamides is 1. The molecule has 236 valence electrons. The highest BCUT2D eigenvalue weighted by atomic mass is 35.5. The zero-order valence-electron chi connectivity index (χ0n) is 25.0. The van der Waals surface area contributed by atoms with Crippen molar-refractivity contribution in [1.29, 1.82) is 0 Å². The van der Waals surface area contributed by atoms with Crippen LogP contribution in [0.2, 0.25) is 5.02 Å². The SMILES string of the molecule is CC(C)(c1ccc(Cl)c(O)c1)c1cnc(SCc2c(F)cc(S(=O)(=O)NCCC[N+](C)(C)C)cc2F)n1-c1ccc(F)cc1. The molecule has 44 heavy (non-hydrogen) atoms. The first-order valence-corrected chi connectivity index (χ1v) is 16.6. The average Bonchev–Trinajstić information content (AvgIpc) is 3.37. The maximum atomic E-state index is 15.2. The number of nitrogens with zero attached hydrogens (tertiary/aromatic N) is 3. The molecule has 7 nitrogen and oxygen atoms in total. The van der Waals surface area contributed by atoms with Crippen LogP contribution in [0.1, 0.15) is 37.1 Å². The molecular formula is C31H35ClF3N4O3S2+. The molecule has 2 N–H and O–H groups in total. The Bertz CT molecular complexity index is 1730. The first kappa shape index (κ1) is 33.9. The van der Waals surface area contributed by atoms with Gasteiger partial charge in [0.05, 0.1) is 49.5 Å². The van der Waals surface area contributed by atoms with Gasteiger partial charge in [0.1, 0.15) is 23.2 Å². The summed E-state index contributed by atoms with van der Waals surface area (Å²) < 4.78 is 74.4. The Labute approximate surface area is 265 Å². The molecule has 0 radical (unpaired) electrons. The Kier molecular flexibility index (Phi) is 10.1. The van der Waals surface area contributed by atoms with Gasteiger partial charge in [0.2, 0.25) is 10.0 Å². The minimum atomic E-state index is -4.12. The summed E-state index contributed by atoms with van der Waals surface area (Å²) in [7, 11) is 1.83. The summed E-state index contributed by atoms with van der Waals surface area (Å²) in [6.07, 6.45) is 2.17. The lowest BCUT2D eigenvalue weighted by Gasteiger charge is -2.27.